The van der Waals surface area contributed by atoms with Crippen LogP contribution in [0.25, 0.3) is 22.3 Å². The topological polar surface area (TPSA) is 27.1 Å². The van der Waals surface area contributed by atoms with Crippen molar-refractivity contribution >= 4 is 41.7 Å². The van der Waals surface area contributed by atoms with Gasteiger partial charge in [-0.15, -0.1) is 0 Å². The van der Waals surface area contributed by atoms with E-state index in [9.17, 15) is 17.6 Å². The van der Waals surface area contributed by atoms with Gasteiger partial charge in [0.2, 0.25) is 0 Å². The second-order valence-corrected chi connectivity index (χ2v) is 14.7. The van der Waals surface area contributed by atoms with Crippen LogP contribution < -0.4 is 0 Å². The predicted molar refractivity (Wildman–Crippen MR) is 117 cm³/mol. The summed E-state index contributed by atoms with van der Waals surface area (Å²) in [5, 5.41) is 0.397. The van der Waals surface area contributed by atoms with Gasteiger partial charge < -0.3 is 9.30 Å². The first-order valence-electron chi connectivity index (χ1n) is 9.06. The van der Waals surface area contributed by atoms with Crippen LogP contribution in [-0.2, 0) is 17.6 Å². The van der Waals surface area contributed by atoms with Gasteiger partial charge in [-0.05, 0) is 64.5 Å². The molecule has 0 aliphatic rings. The van der Waals surface area contributed by atoms with Crippen molar-refractivity contribution in [2.45, 2.75) is 38.6 Å². The molecule has 156 valence electrons. The number of aromatic nitrogens is 2. The molecule has 0 unspecified atom stereocenters. The lowest BCUT2D eigenvalue weighted by atomic mass is 10.1. The van der Waals surface area contributed by atoms with E-state index in [1.54, 1.807) is 45.4 Å². The lowest BCUT2D eigenvalue weighted by molar-refractivity contribution is -0.138. The number of pyridine rings is 1. The van der Waals surface area contributed by atoms with Crippen molar-refractivity contribution in [1.82, 2.24) is 9.55 Å². The van der Waals surface area contributed by atoms with Crippen LogP contribution in [0.5, 0.6) is 0 Å². The van der Waals surface area contributed by atoms with Crippen LogP contribution in [0, 0.1) is 9.39 Å². The van der Waals surface area contributed by atoms with Gasteiger partial charge in [0, 0.05) is 29.8 Å². The maximum Gasteiger partial charge on any atom is 0.418 e. The minimum absolute atomic E-state index is 0.0873. The zero-order valence-corrected chi connectivity index (χ0v) is 19.4. The summed E-state index contributed by atoms with van der Waals surface area (Å²) in [6.07, 6.45) is -3.62. The first-order valence-corrected chi connectivity index (χ1v) is 13.8. The summed E-state index contributed by atoms with van der Waals surface area (Å²) >= 11 is 1.71. The first kappa shape index (κ1) is 22.2. The van der Waals surface area contributed by atoms with Crippen molar-refractivity contribution in [3.8, 4) is 11.3 Å². The zero-order valence-electron chi connectivity index (χ0n) is 16.3. The largest absolute Gasteiger partial charge is 0.418 e. The van der Waals surface area contributed by atoms with E-state index in [4.69, 9.17) is 4.74 Å². The smallest absolute Gasteiger partial charge is 0.361 e. The number of nitrogens with zero attached hydrogens (tertiary/aromatic N) is 2. The van der Waals surface area contributed by atoms with E-state index < -0.39 is 19.8 Å². The lowest BCUT2D eigenvalue weighted by Gasteiger charge is -2.17. The highest BCUT2D eigenvalue weighted by Gasteiger charge is 2.35. The first-order chi connectivity index (χ1) is 13.5. The predicted octanol–water partition coefficient (Wildman–Crippen LogP) is 6.78. The van der Waals surface area contributed by atoms with E-state index >= 15 is 0 Å². The molecule has 0 radical (unpaired) electrons. The maximum absolute atomic E-state index is 13.3. The van der Waals surface area contributed by atoms with E-state index in [-0.39, 0.29) is 16.1 Å². The number of fused-ring (bicyclic) bond motifs is 1. The number of hydrogen-bond donors (Lipinski definition) is 0. The SMILES string of the molecule is C[Si](C)(C)CCOCn1c(-c2ccc(F)cc2)cc2c(I)c(C(F)(F)F)cnc21. The average Bonchev–Trinajstić information content (AvgIpc) is 2.97. The standard InChI is InChI=1S/C20H21F4IN2OSi/c1-29(2,3)9-8-28-12-27-17(13-4-6-14(21)7-5-13)10-15-18(25)16(20(22,23)24)11-26-19(15)27/h4-7,10-11H,8-9,12H2,1-3H3. The molecule has 2 aromatic heterocycles. The van der Waals surface area contributed by atoms with Gasteiger partial charge in [0.25, 0.3) is 0 Å². The highest BCUT2D eigenvalue weighted by atomic mass is 127. The van der Waals surface area contributed by atoms with Crippen molar-refractivity contribution in [1.29, 1.82) is 0 Å². The Hall–Kier alpha value is -1.46. The summed E-state index contributed by atoms with van der Waals surface area (Å²) < 4.78 is 60.9. The van der Waals surface area contributed by atoms with E-state index in [0.29, 0.717) is 28.9 Å². The van der Waals surface area contributed by atoms with E-state index in [1.165, 1.54) is 12.1 Å². The normalized spacial score (nSPS) is 12.7. The molecular formula is C20H21F4IN2OSi. The molecule has 0 saturated carbocycles. The van der Waals surface area contributed by atoms with Gasteiger partial charge in [-0.1, -0.05) is 19.6 Å². The second kappa shape index (κ2) is 8.35. The van der Waals surface area contributed by atoms with Gasteiger partial charge in [-0.25, -0.2) is 9.37 Å². The molecule has 0 saturated heterocycles. The fourth-order valence-electron chi connectivity index (χ4n) is 2.89. The van der Waals surface area contributed by atoms with Gasteiger partial charge in [0.15, 0.2) is 0 Å². The van der Waals surface area contributed by atoms with Crippen molar-refractivity contribution in [2.75, 3.05) is 6.61 Å². The lowest BCUT2D eigenvalue weighted by Crippen LogP contribution is -2.22. The maximum atomic E-state index is 13.3. The summed E-state index contributed by atoms with van der Waals surface area (Å²) in [7, 11) is -1.27. The number of hydrogen-bond acceptors (Lipinski definition) is 2. The molecule has 29 heavy (non-hydrogen) atoms. The highest BCUT2D eigenvalue weighted by molar-refractivity contribution is 14.1. The van der Waals surface area contributed by atoms with Gasteiger partial charge in [-0.2, -0.15) is 13.2 Å². The Kier molecular flexibility index (Phi) is 6.40. The summed E-state index contributed by atoms with van der Waals surface area (Å²) in [6, 6.07) is 8.47. The van der Waals surface area contributed by atoms with Crippen molar-refractivity contribution in [3.63, 3.8) is 0 Å². The molecule has 3 nitrogen and oxygen atoms in total. The van der Waals surface area contributed by atoms with Crippen molar-refractivity contribution in [2.24, 2.45) is 0 Å². The van der Waals surface area contributed by atoms with Crippen LogP contribution in [0.1, 0.15) is 5.56 Å². The Morgan fingerprint density at radius 1 is 1.14 bits per heavy atom. The average molecular weight is 536 g/mol. The Bertz CT molecular complexity index is 1010. The summed E-state index contributed by atoms with van der Waals surface area (Å²) in [5.74, 6) is -0.380. The highest BCUT2D eigenvalue weighted by Crippen LogP contribution is 2.38. The zero-order chi connectivity index (χ0) is 21.4. The van der Waals surface area contributed by atoms with Crippen LogP contribution in [0.4, 0.5) is 17.6 Å². The van der Waals surface area contributed by atoms with Gasteiger partial charge in [0.1, 0.15) is 18.2 Å². The van der Waals surface area contributed by atoms with Crippen molar-refractivity contribution in [3.05, 3.63) is 51.5 Å². The molecule has 0 spiro atoms. The van der Waals surface area contributed by atoms with E-state index in [1.807, 2.05) is 0 Å². The molecule has 3 aromatic rings. The molecule has 0 aliphatic carbocycles. The van der Waals surface area contributed by atoms with Crippen LogP contribution in [0.2, 0.25) is 25.7 Å². The molecule has 0 fully saturated rings. The van der Waals surface area contributed by atoms with Crippen LogP contribution in [-0.4, -0.2) is 24.2 Å². The van der Waals surface area contributed by atoms with Gasteiger partial charge >= 0.3 is 6.18 Å². The number of alkyl halides is 3. The third-order valence-electron chi connectivity index (χ3n) is 4.52. The minimum Gasteiger partial charge on any atom is -0.361 e. The second-order valence-electron chi connectivity index (χ2n) is 8.03. The molecule has 0 atom stereocenters. The molecule has 0 N–H and O–H groups in total. The molecule has 9 heteroatoms. The summed E-state index contributed by atoms with van der Waals surface area (Å²) in [5.41, 5.74) is 0.961. The number of rotatable bonds is 6. The Morgan fingerprint density at radius 2 is 1.79 bits per heavy atom. The summed E-state index contributed by atoms with van der Waals surface area (Å²) in [6.45, 7) is 7.46. The molecule has 1 aromatic carbocycles. The molecular weight excluding hydrogens is 515 g/mol. The monoisotopic (exact) mass is 536 g/mol. The minimum atomic E-state index is -4.48. The Morgan fingerprint density at radius 3 is 2.38 bits per heavy atom. The fraction of sp³-hybridized carbons (Fsp3) is 0.350. The van der Waals surface area contributed by atoms with Crippen LogP contribution in [0.15, 0.2) is 36.5 Å². The molecule has 2 heterocycles. The Balaban J connectivity index is 2.06. The summed E-state index contributed by atoms with van der Waals surface area (Å²) in [4.78, 5) is 4.09. The Labute approximate surface area is 181 Å². The molecule has 3 rings (SSSR count). The van der Waals surface area contributed by atoms with E-state index in [0.717, 1.165) is 12.2 Å². The van der Waals surface area contributed by atoms with Gasteiger partial charge in [-0.3, -0.25) is 0 Å². The van der Waals surface area contributed by atoms with Crippen LogP contribution in [0.3, 0.4) is 0 Å². The fourth-order valence-corrected chi connectivity index (χ4v) is 4.49. The molecule has 0 amide bonds. The number of benzene rings is 1. The van der Waals surface area contributed by atoms with Crippen LogP contribution >= 0.6 is 22.6 Å². The van der Waals surface area contributed by atoms with E-state index in [2.05, 4.69) is 24.6 Å². The molecule has 0 aliphatic heterocycles. The number of halogens is 5. The third-order valence-corrected chi connectivity index (χ3v) is 7.39. The van der Waals surface area contributed by atoms with Gasteiger partial charge in [0.05, 0.1) is 11.3 Å². The number of ether oxygens (including phenoxy) is 1. The van der Waals surface area contributed by atoms with Crippen molar-refractivity contribution < 1.29 is 22.3 Å². The quantitative estimate of drug-likeness (QED) is 0.150. The molecule has 0 bridgehead atoms. The third kappa shape index (κ3) is 5.18.